The molecule has 0 aromatic carbocycles. The van der Waals surface area contributed by atoms with Crippen LogP contribution < -0.4 is 5.73 Å². The first kappa shape index (κ1) is 12.2. The van der Waals surface area contributed by atoms with E-state index in [1.54, 1.807) is 13.3 Å². The number of nitrogens with two attached hydrogens (primary N) is 1. The average molecular weight is 258 g/mol. The molecule has 1 aliphatic carbocycles. The third kappa shape index (κ3) is 2.10. The van der Waals surface area contributed by atoms with E-state index in [4.69, 9.17) is 10.5 Å². The Morgan fingerprint density at radius 1 is 1.47 bits per heavy atom. The molecule has 0 unspecified atom stereocenters. The molecule has 3 rings (SSSR count). The van der Waals surface area contributed by atoms with Crippen molar-refractivity contribution in [1.29, 1.82) is 0 Å². The molecule has 0 radical (unpaired) electrons. The van der Waals surface area contributed by atoms with Crippen LogP contribution >= 0.6 is 0 Å². The molecular formula is C14H18N4O. The second-order valence-corrected chi connectivity index (χ2v) is 5.08. The first-order valence-corrected chi connectivity index (χ1v) is 6.50. The highest BCUT2D eigenvalue weighted by Crippen LogP contribution is 2.37. The van der Waals surface area contributed by atoms with Gasteiger partial charge in [0.2, 0.25) is 0 Å². The monoisotopic (exact) mass is 258 g/mol. The zero-order chi connectivity index (χ0) is 13.3. The molecule has 0 saturated heterocycles. The molecule has 5 nitrogen and oxygen atoms in total. The second-order valence-electron chi connectivity index (χ2n) is 5.08. The highest BCUT2D eigenvalue weighted by atomic mass is 16.5. The minimum atomic E-state index is -0.0353. The van der Waals surface area contributed by atoms with Crippen molar-refractivity contribution >= 4 is 5.82 Å². The highest BCUT2D eigenvalue weighted by molar-refractivity contribution is 5.70. The third-order valence-corrected chi connectivity index (χ3v) is 3.98. The summed E-state index contributed by atoms with van der Waals surface area (Å²) in [4.78, 5) is 8.37. The number of nitrogen functional groups attached to an aromatic ring is 1. The van der Waals surface area contributed by atoms with Crippen LogP contribution in [0.5, 0.6) is 0 Å². The Kier molecular flexibility index (Phi) is 2.98. The van der Waals surface area contributed by atoms with Gasteiger partial charge in [0.25, 0.3) is 0 Å². The molecule has 100 valence electrons. The summed E-state index contributed by atoms with van der Waals surface area (Å²) >= 11 is 0. The molecule has 1 saturated carbocycles. The van der Waals surface area contributed by atoms with E-state index in [0.717, 1.165) is 30.6 Å². The SMILES string of the molecule is COC1(Cn2cncc2-c2cccnc2N)CCC1. The predicted molar refractivity (Wildman–Crippen MR) is 73.5 cm³/mol. The number of imidazole rings is 1. The number of aromatic nitrogens is 3. The van der Waals surface area contributed by atoms with Gasteiger partial charge in [0.1, 0.15) is 5.82 Å². The van der Waals surface area contributed by atoms with Gasteiger partial charge in [-0.05, 0) is 31.4 Å². The van der Waals surface area contributed by atoms with Gasteiger partial charge in [0.05, 0.1) is 30.4 Å². The lowest BCUT2D eigenvalue weighted by Crippen LogP contribution is -2.43. The van der Waals surface area contributed by atoms with E-state index >= 15 is 0 Å². The van der Waals surface area contributed by atoms with E-state index in [-0.39, 0.29) is 5.60 Å². The van der Waals surface area contributed by atoms with Crippen molar-refractivity contribution in [3.63, 3.8) is 0 Å². The number of pyridine rings is 1. The number of rotatable bonds is 4. The quantitative estimate of drug-likeness (QED) is 0.912. The van der Waals surface area contributed by atoms with Crippen molar-refractivity contribution in [1.82, 2.24) is 14.5 Å². The van der Waals surface area contributed by atoms with Crippen molar-refractivity contribution in [3.05, 3.63) is 30.9 Å². The molecule has 0 spiro atoms. The number of hydrogen-bond acceptors (Lipinski definition) is 4. The lowest BCUT2D eigenvalue weighted by molar-refractivity contribution is -0.0832. The molecule has 2 N–H and O–H groups in total. The van der Waals surface area contributed by atoms with Gasteiger partial charge in [-0.15, -0.1) is 0 Å². The smallest absolute Gasteiger partial charge is 0.132 e. The predicted octanol–water partition coefficient (Wildman–Crippen LogP) is 2.10. The number of methoxy groups -OCH3 is 1. The van der Waals surface area contributed by atoms with E-state index in [1.165, 1.54) is 6.42 Å². The molecule has 0 amide bonds. The zero-order valence-electron chi connectivity index (χ0n) is 11.0. The molecule has 0 aliphatic heterocycles. The maximum Gasteiger partial charge on any atom is 0.132 e. The topological polar surface area (TPSA) is 66.0 Å². The van der Waals surface area contributed by atoms with Gasteiger partial charge in [0, 0.05) is 18.9 Å². The molecule has 2 aromatic rings. The van der Waals surface area contributed by atoms with E-state index in [2.05, 4.69) is 14.5 Å². The molecule has 0 atom stereocenters. The summed E-state index contributed by atoms with van der Waals surface area (Å²) in [5, 5.41) is 0. The van der Waals surface area contributed by atoms with Crippen LogP contribution in [0, 0.1) is 0 Å². The Hall–Kier alpha value is -1.88. The first-order chi connectivity index (χ1) is 9.24. The van der Waals surface area contributed by atoms with E-state index in [0.29, 0.717) is 5.82 Å². The van der Waals surface area contributed by atoms with Crippen LogP contribution in [0.15, 0.2) is 30.9 Å². The van der Waals surface area contributed by atoms with Gasteiger partial charge < -0.3 is 15.0 Å². The summed E-state index contributed by atoms with van der Waals surface area (Å²) in [6.07, 6.45) is 8.79. The normalized spacial score (nSPS) is 17.1. The van der Waals surface area contributed by atoms with Crippen LogP contribution in [0.4, 0.5) is 5.82 Å². The third-order valence-electron chi connectivity index (χ3n) is 3.98. The molecule has 2 aromatic heterocycles. The fourth-order valence-corrected chi connectivity index (χ4v) is 2.61. The van der Waals surface area contributed by atoms with Crippen molar-refractivity contribution in [3.8, 4) is 11.3 Å². The van der Waals surface area contributed by atoms with Crippen LogP contribution in [0.1, 0.15) is 19.3 Å². The van der Waals surface area contributed by atoms with E-state index in [1.807, 2.05) is 24.7 Å². The summed E-state index contributed by atoms with van der Waals surface area (Å²) in [6, 6.07) is 3.86. The van der Waals surface area contributed by atoms with Gasteiger partial charge in [0.15, 0.2) is 0 Å². The van der Waals surface area contributed by atoms with Gasteiger partial charge in [-0.3, -0.25) is 0 Å². The summed E-state index contributed by atoms with van der Waals surface area (Å²) in [6.45, 7) is 0.813. The van der Waals surface area contributed by atoms with E-state index in [9.17, 15) is 0 Å². The van der Waals surface area contributed by atoms with Gasteiger partial charge in [-0.2, -0.15) is 0 Å². The van der Waals surface area contributed by atoms with E-state index < -0.39 is 0 Å². The maximum atomic E-state index is 5.94. The summed E-state index contributed by atoms with van der Waals surface area (Å²) < 4.78 is 7.78. The lowest BCUT2D eigenvalue weighted by atomic mass is 9.80. The Bertz CT molecular complexity index is 569. The minimum Gasteiger partial charge on any atom is -0.383 e. The Balaban J connectivity index is 1.93. The largest absolute Gasteiger partial charge is 0.383 e. The fraction of sp³-hybridized carbons (Fsp3) is 0.429. The molecule has 1 aliphatic rings. The van der Waals surface area contributed by atoms with Crippen LogP contribution in [0.3, 0.4) is 0 Å². The van der Waals surface area contributed by atoms with Crippen molar-refractivity contribution in [2.45, 2.75) is 31.4 Å². The molecule has 19 heavy (non-hydrogen) atoms. The van der Waals surface area contributed by atoms with Crippen molar-refractivity contribution in [2.75, 3.05) is 12.8 Å². The maximum absolute atomic E-state index is 5.94. The van der Waals surface area contributed by atoms with Crippen LogP contribution in [-0.2, 0) is 11.3 Å². The minimum absolute atomic E-state index is 0.0353. The Morgan fingerprint density at radius 2 is 2.32 bits per heavy atom. The summed E-state index contributed by atoms with van der Waals surface area (Å²) in [5.41, 5.74) is 7.82. The van der Waals surface area contributed by atoms with Gasteiger partial charge in [-0.25, -0.2) is 9.97 Å². The Labute approximate surface area is 112 Å². The molecule has 5 heteroatoms. The first-order valence-electron chi connectivity index (χ1n) is 6.50. The van der Waals surface area contributed by atoms with Crippen molar-refractivity contribution < 1.29 is 4.74 Å². The average Bonchev–Trinajstić information content (AvgIpc) is 2.82. The van der Waals surface area contributed by atoms with Gasteiger partial charge in [-0.1, -0.05) is 0 Å². The molecule has 1 fully saturated rings. The van der Waals surface area contributed by atoms with Crippen LogP contribution in [0.2, 0.25) is 0 Å². The number of nitrogens with zero attached hydrogens (tertiary/aromatic N) is 3. The molecule has 2 heterocycles. The lowest BCUT2D eigenvalue weighted by Gasteiger charge is -2.41. The Morgan fingerprint density at radius 3 is 2.95 bits per heavy atom. The van der Waals surface area contributed by atoms with Crippen molar-refractivity contribution in [2.24, 2.45) is 0 Å². The molecule has 0 bridgehead atoms. The van der Waals surface area contributed by atoms with Gasteiger partial charge >= 0.3 is 0 Å². The van der Waals surface area contributed by atoms with Crippen LogP contribution in [0.25, 0.3) is 11.3 Å². The summed E-state index contributed by atoms with van der Waals surface area (Å²) in [5.74, 6) is 0.532. The second kappa shape index (κ2) is 4.66. The number of ether oxygens (including phenoxy) is 1. The standard InChI is InChI=1S/C14H18N4O/c1-19-14(5-3-6-14)9-18-10-16-8-12(18)11-4-2-7-17-13(11)15/h2,4,7-8,10H,3,5-6,9H2,1H3,(H2,15,17). The molecular weight excluding hydrogens is 240 g/mol. The van der Waals surface area contributed by atoms with Crippen LogP contribution in [-0.4, -0.2) is 27.2 Å². The number of anilines is 1. The zero-order valence-corrected chi connectivity index (χ0v) is 11.0. The fourth-order valence-electron chi connectivity index (χ4n) is 2.61. The highest BCUT2D eigenvalue weighted by Gasteiger charge is 2.37. The number of hydrogen-bond donors (Lipinski definition) is 1. The summed E-state index contributed by atoms with van der Waals surface area (Å²) in [7, 11) is 1.79.